The highest BCUT2D eigenvalue weighted by Crippen LogP contribution is 2.24. The van der Waals surface area contributed by atoms with Crippen LogP contribution in [0.4, 0.5) is 5.69 Å². The molecule has 1 heterocycles. The molecule has 0 aliphatic carbocycles. The highest BCUT2D eigenvalue weighted by molar-refractivity contribution is 9.10. The summed E-state index contributed by atoms with van der Waals surface area (Å²) < 4.78 is 5.00. The van der Waals surface area contributed by atoms with E-state index in [4.69, 9.17) is 0 Å². The quantitative estimate of drug-likeness (QED) is 0.265. The molecule has 1 N–H and O–H groups in total. The number of rotatable bonds is 4. The molecule has 1 aromatic rings. The number of carbonyl (C=O) groups excluding carboxylic acids is 2. The number of nitro benzene ring substituents is 1. The molecule has 1 aromatic carbocycles. The zero-order chi connectivity index (χ0) is 17.7. The summed E-state index contributed by atoms with van der Waals surface area (Å²) in [5, 5.41) is 21.0. The van der Waals surface area contributed by atoms with Gasteiger partial charge in [-0.1, -0.05) is 15.9 Å². The third kappa shape index (κ3) is 4.49. The second kappa shape index (κ2) is 7.84. The van der Waals surface area contributed by atoms with Crippen LogP contribution in [0.25, 0.3) is 0 Å². The lowest BCUT2D eigenvalue weighted by atomic mass is 10.2. The largest absolute Gasteiger partial charge is 0.466 e. The van der Waals surface area contributed by atoms with Crippen molar-refractivity contribution in [1.29, 1.82) is 0 Å². The first-order valence-corrected chi connectivity index (χ1v) is 7.85. The second-order valence-corrected chi connectivity index (χ2v) is 6.14. The first kappa shape index (κ1) is 17.8. The van der Waals surface area contributed by atoms with E-state index in [0.717, 1.165) is 17.8 Å². The summed E-state index contributed by atoms with van der Waals surface area (Å²) >= 11 is 4.06. The van der Waals surface area contributed by atoms with Crippen molar-refractivity contribution < 1.29 is 19.2 Å². The number of nitro groups is 1. The summed E-state index contributed by atoms with van der Waals surface area (Å²) in [5.74, 6) is -1.17. The van der Waals surface area contributed by atoms with Gasteiger partial charge in [-0.15, -0.1) is 5.10 Å². The number of thioether (sulfide) groups is 1. The van der Waals surface area contributed by atoms with Gasteiger partial charge in [-0.25, -0.2) is 4.79 Å². The van der Waals surface area contributed by atoms with Crippen molar-refractivity contribution in [2.24, 2.45) is 10.2 Å². The average molecular weight is 413 g/mol. The van der Waals surface area contributed by atoms with Crippen LogP contribution in [0.15, 0.2) is 43.9 Å². The third-order valence-corrected chi connectivity index (χ3v) is 4.03. The SMILES string of the molecule is COC(=O)/C=C1/S/C(=N\N=Cc2ccc(Br)cc2[N+](=O)[O-])NC1=O. The molecule has 1 aliphatic rings. The Bertz CT molecular complexity index is 806. The van der Waals surface area contributed by atoms with Crippen molar-refractivity contribution in [3.8, 4) is 0 Å². The number of hydrogen-bond donors (Lipinski definition) is 1. The zero-order valence-corrected chi connectivity index (χ0v) is 14.5. The fourth-order valence-electron chi connectivity index (χ4n) is 1.57. The molecule has 24 heavy (non-hydrogen) atoms. The molecule has 9 nitrogen and oxygen atoms in total. The highest BCUT2D eigenvalue weighted by atomic mass is 79.9. The molecular weight excluding hydrogens is 404 g/mol. The van der Waals surface area contributed by atoms with Gasteiger partial charge in [0.25, 0.3) is 11.6 Å². The van der Waals surface area contributed by atoms with E-state index < -0.39 is 16.8 Å². The number of benzene rings is 1. The minimum absolute atomic E-state index is 0.116. The molecule has 124 valence electrons. The minimum atomic E-state index is -0.664. The number of methoxy groups -OCH3 is 1. The van der Waals surface area contributed by atoms with E-state index in [-0.39, 0.29) is 21.3 Å². The first-order valence-electron chi connectivity index (χ1n) is 6.24. The molecule has 1 aliphatic heterocycles. The number of amides is 1. The van der Waals surface area contributed by atoms with E-state index >= 15 is 0 Å². The summed E-state index contributed by atoms with van der Waals surface area (Å²) in [7, 11) is 1.20. The van der Waals surface area contributed by atoms with Crippen molar-refractivity contribution in [2.45, 2.75) is 0 Å². The Morgan fingerprint density at radius 2 is 2.25 bits per heavy atom. The number of halogens is 1. The third-order valence-electron chi connectivity index (χ3n) is 2.64. The topological polar surface area (TPSA) is 123 Å². The second-order valence-electron chi connectivity index (χ2n) is 4.20. The van der Waals surface area contributed by atoms with Gasteiger partial charge in [0.2, 0.25) is 0 Å². The van der Waals surface area contributed by atoms with Crippen molar-refractivity contribution in [3.05, 3.63) is 49.3 Å². The van der Waals surface area contributed by atoms with Crippen LogP contribution in [0.2, 0.25) is 0 Å². The predicted octanol–water partition coefficient (Wildman–Crippen LogP) is 1.97. The van der Waals surface area contributed by atoms with E-state index in [2.05, 4.69) is 36.2 Å². The van der Waals surface area contributed by atoms with Gasteiger partial charge in [-0.2, -0.15) is 5.10 Å². The van der Waals surface area contributed by atoms with Crippen LogP contribution >= 0.6 is 27.7 Å². The van der Waals surface area contributed by atoms with Gasteiger partial charge in [-0.3, -0.25) is 20.2 Å². The Morgan fingerprint density at radius 1 is 1.50 bits per heavy atom. The number of hydrogen-bond acceptors (Lipinski definition) is 8. The van der Waals surface area contributed by atoms with E-state index in [9.17, 15) is 19.7 Å². The van der Waals surface area contributed by atoms with Gasteiger partial charge in [0.05, 0.1) is 28.7 Å². The fourth-order valence-corrected chi connectivity index (χ4v) is 2.66. The van der Waals surface area contributed by atoms with Gasteiger partial charge >= 0.3 is 5.97 Å². The summed E-state index contributed by atoms with van der Waals surface area (Å²) in [4.78, 5) is 33.3. The molecule has 11 heteroatoms. The van der Waals surface area contributed by atoms with Crippen LogP contribution in [0.1, 0.15) is 5.56 Å². The van der Waals surface area contributed by atoms with Crippen LogP contribution < -0.4 is 5.32 Å². The van der Waals surface area contributed by atoms with Gasteiger partial charge in [0.1, 0.15) is 0 Å². The van der Waals surface area contributed by atoms with Crippen molar-refractivity contribution in [1.82, 2.24) is 5.32 Å². The number of nitrogens with zero attached hydrogens (tertiary/aromatic N) is 3. The Morgan fingerprint density at radius 3 is 2.92 bits per heavy atom. The summed E-state index contributed by atoms with van der Waals surface area (Å²) in [6.07, 6.45) is 2.23. The molecule has 0 atom stereocenters. The molecule has 2 rings (SSSR count). The van der Waals surface area contributed by atoms with Crippen molar-refractivity contribution in [3.63, 3.8) is 0 Å². The molecule has 0 saturated carbocycles. The maximum absolute atomic E-state index is 11.6. The van der Waals surface area contributed by atoms with Gasteiger partial charge in [0, 0.05) is 16.6 Å². The van der Waals surface area contributed by atoms with Gasteiger partial charge in [-0.05, 0) is 23.9 Å². The number of esters is 1. The van der Waals surface area contributed by atoms with Crippen LogP contribution in [0.3, 0.4) is 0 Å². The maximum Gasteiger partial charge on any atom is 0.331 e. The molecule has 0 unspecified atom stereocenters. The van der Waals surface area contributed by atoms with Crippen molar-refractivity contribution in [2.75, 3.05) is 7.11 Å². The van der Waals surface area contributed by atoms with Crippen LogP contribution in [-0.2, 0) is 14.3 Å². The molecule has 1 fully saturated rings. The molecular formula is C13H9BrN4O5S. The summed E-state index contributed by atoms with van der Waals surface area (Å²) in [5.41, 5.74) is 0.120. The smallest absolute Gasteiger partial charge is 0.331 e. The molecule has 0 spiro atoms. The predicted molar refractivity (Wildman–Crippen MR) is 91.7 cm³/mol. The lowest BCUT2D eigenvalue weighted by Gasteiger charge is -1.97. The number of ether oxygens (including phenoxy) is 1. The Kier molecular flexibility index (Phi) is 5.82. The zero-order valence-electron chi connectivity index (χ0n) is 12.1. The van der Waals surface area contributed by atoms with Gasteiger partial charge in [0.15, 0.2) is 5.17 Å². The van der Waals surface area contributed by atoms with Crippen LogP contribution in [0.5, 0.6) is 0 Å². The number of carbonyl (C=O) groups is 2. The molecule has 1 saturated heterocycles. The molecule has 1 amide bonds. The van der Waals surface area contributed by atoms with E-state index in [1.165, 1.54) is 25.5 Å². The minimum Gasteiger partial charge on any atom is -0.466 e. The summed E-state index contributed by atoms with van der Waals surface area (Å²) in [6.45, 7) is 0. The van der Waals surface area contributed by atoms with Crippen LogP contribution in [-0.4, -0.2) is 35.3 Å². The molecule has 0 radical (unpaired) electrons. The maximum atomic E-state index is 11.6. The molecule has 0 aromatic heterocycles. The monoisotopic (exact) mass is 412 g/mol. The number of amidine groups is 1. The summed E-state index contributed by atoms with van der Waals surface area (Å²) in [6, 6.07) is 4.48. The van der Waals surface area contributed by atoms with E-state index in [1.807, 2.05) is 0 Å². The molecule has 0 bridgehead atoms. The van der Waals surface area contributed by atoms with Crippen LogP contribution in [0, 0.1) is 10.1 Å². The lowest BCUT2D eigenvalue weighted by molar-refractivity contribution is -0.385. The average Bonchev–Trinajstić information content (AvgIpc) is 2.88. The van der Waals surface area contributed by atoms with E-state index in [0.29, 0.717) is 4.47 Å². The normalized spacial score (nSPS) is 17.5. The lowest BCUT2D eigenvalue weighted by Crippen LogP contribution is -2.19. The Labute approximate surface area is 148 Å². The standard InChI is InChI=1S/C13H9BrN4O5S/c1-23-11(19)5-10-12(20)16-13(24-10)17-15-6-7-2-3-8(14)4-9(7)18(21)22/h2-6H,1H3,(H,16,17,20)/b10-5+,15-6?. The van der Waals surface area contributed by atoms with Gasteiger partial charge < -0.3 is 4.74 Å². The highest BCUT2D eigenvalue weighted by Gasteiger charge is 2.25. The van der Waals surface area contributed by atoms with Crippen molar-refractivity contribution >= 4 is 56.6 Å². The Balaban J connectivity index is 2.16. The van der Waals surface area contributed by atoms with E-state index in [1.54, 1.807) is 6.07 Å². The number of nitrogens with one attached hydrogen (secondary N) is 1. The fraction of sp³-hybridized carbons (Fsp3) is 0.0769. The first-order chi connectivity index (χ1) is 11.4. The Hall–Kier alpha value is -2.53.